The average Bonchev–Trinajstić information content (AvgIpc) is 2.88. The lowest BCUT2D eigenvalue weighted by molar-refractivity contribution is 0.417. The van der Waals surface area contributed by atoms with Crippen LogP contribution in [0.15, 0.2) is 15.7 Å². The third-order valence-electron chi connectivity index (χ3n) is 2.94. The van der Waals surface area contributed by atoms with Gasteiger partial charge in [-0.1, -0.05) is 6.92 Å². The zero-order valence-corrected chi connectivity index (χ0v) is 13.3. The molecular weight excluding hydrogens is 310 g/mol. The largest absolute Gasteiger partial charge is 0.252 e. The van der Waals surface area contributed by atoms with Crippen molar-refractivity contribution in [3.05, 3.63) is 17.0 Å². The second-order valence-corrected chi connectivity index (χ2v) is 8.92. The molecule has 1 aliphatic heterocycles. The molecule has 0 aromatic carbocycles. The van der Waals surface area contributed by atoms with Crippen molar-refractivity contribution in [3.8, 4) is 0 Å². The summed E-state index contributed by atoms with van der Waals surface area (Å²) in [6.45, 7) is 3.33. The number of rotatable bonds is 4. The van der Waals surface area contributed by atoms with Crippen LogP contribution in [0.25, 0.3) is 0 Å². The van der Waals surface area contributed by atoms with Gasteiger partial charge in [0.15, 0.2) is 0 Å². The smallest absolute Gasteiger partial charge is 0.206 e. The van der Waals surface area contributed by atoms with Crippen LogP contribution in [0.2, 0.25) is 0 Å². The highest BCUT2D eigenvalue weighted by Crippen LogP contribution is 2.29. The van der Waals surface area contributed by atoms with E-state index in [1.165, 1.54) is 11.3 Å². The predicted octanol–water partition coefficient (Wildman–Crippen LogP) is 3.00. The Morgan fingerprint density at radius 1 is 1.56 bits per heavy atom. The first-order valence-electron chi connectivity index (χ1n) is 5.83. The molecule has 1 fully saturated rings. The van der Waals surface area contributed by atoms with Gasteiger partial charge < -0.3 is 0 Å². The fraction of sp³-hybridized carbons (Fsp3) is 0.636. The molecule has 18 heavy (non-hydrogen) atoms. The predicted molar refractivity (Wildman–Crippen MR) is 79.2 cm³/mol. The second-order valence-electron chi connectivity index (χ2n) is 4.17. The summed E-state index contributed by atoms with van der Waals surface area (Å²) in [5.41, 5.74) is 0.874. The van der Waals surface area contributed by atoms with E-state index in [0.717, 1.165) is 17.7 Å². The van der Waals surface area contributed by atoms with Crippen LogP contribution in [0.3, 0.4) is 0 Å². The van der Waals surface area contributed by atoms with E-state index in [-0.39, 0.29) is 0 Å². The molecule has 1 aromatic rings. The Hall–Kier alpha value is 0.250. The van der Waals surface area contributed by atoms with E-state index in [1.54, 1.807) is 10.4 Å². The number of alkyl halides is 1. The molecule has 0 aliphatic carbocycles. The minimum absolute atomic E-state index is 0.361. The molecule has 102 valence electrons. The Balaban J connectivity index is 2.19. The second kappa shape index (κ2) is 6.13. The molecule has 1 saturated heterocycles. The maximum absolute atomic E-state index is 12.5. The Bertz CT molecular complexity index is 500. The normalized spacial score (nSPS) is 22.2. The Kier molecular flexibility index (Phi) is 4.99. The van der Waals surface area contributed by atoms with Gasteiger partial charge in [-0.3, -0.25) is 0 Å². The van der Waals surface area contributed by atoms with E-state index >= 15 is 0 Å². The van der Waals surface area contributed by atoms with Crippen LogP contribution in [0, 0.1) is 0 Å². The third kappa shape index (κ3) is 3.04. The van der Waals surface area contributed by atoms with Gasteiger partial charge in [0.25, 0.3) is 10.0 Å². The summed E-state index contributed by atoms with van der Waals surface area (Å²) < 4.78 is 27.0. The van der Waals surface area contributed by atoms with Crippen molar-refractivity contribution in [2.45, 2.75) is 28.7 Å². The number of sulfonamides is 1. The minimum atomic E-state index is -3.31. The summed E-state index contributed by atoms with van der Waals surface area (Å²) in [7, 11) is -3.31. The first kappa shape index (κ1) is 14.7. The number of hydrogen-bond acceptors (Lipinski definition) is 4. The molecule has 3 nitrogen and oxygen atoms in total. The van der Waals surface area contributed by atoms with Crippen molar-refractivity contribution in [2.75, 3.05) is 18.8 Å². The third-order valence-corrected chi connectivity index (χ3v) is 7.94. The zero-order chi connectivity index (χ0) is 13.2. The molecule has 1 aliphatic rings. The van der Waals surface area contributed by atoms with E-state index < -0.39 is 10.0 Å². The van der Waals surface area contributed by atoms with Gasteiger partial charge in [0.1, 0.15) is 4.21 Å². The first-order chi connectivity index (χ1) is 8.57. The summed E-state index contributed by atoms with van der Waals surface area (Å²) in [6, 6.07) is 1.69. The van der Waals surface area contributed by atoms with Crippen molar-refractivity contribution < 1.29 is 8.42 Å². The maximum atomic E-state index is 12.5. The fourth-order valence-electron chi connectivity index (χ4n) is 1.84. The summed E-state index contributed by atoms with van der Waals surface area (Å²) in [4.78, 5) is 0. The highest BCUT2D eigenvalue weighted by atomic mass is 35.5. The quantitative estimate of drug-likeness (QED) is 0.799. The van der Waals surface area contributed by atoms with Gasteiger partial charge in [-0.2, -0.15) is 16.1 Å². The number of halogens is 1. The Morgan fingerprint density at radius 3 is 2.94 bits per heavy atom. The van der Waals surface area contributed by atoms with Crippen LogP contribution in [0.1, 0.15) is 18.9 Å². The van der Waals surface area contributed by atoms with Gasteiger partial charge in [-0.25, -0.2) is 8.42 Å². The van der Waals surface area contributed by atoms with Crippen molar-refractivity contribution in [3.63, 3.8) is 0 Å². The van der Waals surface area contributed by atoms with Crippen LogP contribution in [-0.4, -0.2) is 36.8 Å². The van der Waals surface area contributed by atoms with Gasteiger partial charge in [-0.05, 0) is 23.4 Å². The van der Waals surface area contributed by atoms with E-state index in [2.05, 4.69) is 6.92 Å². The monoisotopic (exact) mass is 325 g/mol. The molecule has 0 bridgehead atoms. The molecule has 1 aromatic heterocycles. The summed E-state index contributed by atoms with van der Waals surface area (Å²) in [6.07, 6.45) is 1.01. The molecule has 7 heteroatoms. The minimum Gasteiger partial charge on any atom is -0.206 e. The van der Waals surface area contributed by atoms with Gasteiger partial charge in [0.2, 0.25) is 0 Å². The van der Waals surface area contributed by atoms with Crippen LogP contribution in [0.4, 0.5) is 0 Å². The van der Waals surface area contributed by atoms with Crippen LogP contribution >= 0.6 is 34.7 Å². The topological polar surface area (TPSA) is 37.4 Å². The molecule has 0 saturated carbocycles. The van der Waals surface area contributed by atoms with Crippen molar-refractivity contribution in [1.82, 2.24) is 4.31 Å². The highest BCUT2D eigenvalue weighted by Gasteiger charge is 2.30. The van der Waals surface area contributed by atoms with Gasteiger partial charge in [0.05, 0.1) is 0 Å². The summed E-state index contributed by atoms with van der Waals surface area (Å²) in [5, 5.41) is 2.23. The summed E-state index contributed by atoms with van der Waals surface area (Å²) >= 11 is 8.84. The molecule has 0 radical (unpaired) electrons. The highest BCUT2D eigenvalue weighted by molar-refractivity contribution is 8.00. The van der Waals surface area contributed by atoms with Crippen molar-refractivity contribution in [2.24, 2.45) is 0 Å². The molecule has 2 rings (SSSR count). The number of nitrogens with zero attached hydrogens (tertiary/aromatic N) is 1. The zero-order valence-electron chi connectivity index (χ0n) is 10.1. The lowest BCUT2D eigenvalue weighted by atomic mass is 10.3. The Labute approximate surface area is 122 Å². The van der Waals surface area contributed by atoms with E-state index in [1.807, 2.05) is 17.1 Å². The fourth-order valence-corrected chi connectivity index (χ4v) is 6.33. The SMILES string of the molecule is CCC1CN(S(=O)(=O)c2cc(CCl)cs2)CCS1. The molecule has 2 heterocycles. The van der Waals surface area contributed by atoms with E-state index in [4.69, 9.17) is 11.6 Å². The maximum Gasteiger partial charge on any atom is 0.252 e. The van der Waals surface area contributed by atoms with E-state index in [9.17, 15) is 8.42 Å². The Morgan fingerprint density at radius 2 is 2.33 bits per heavy atom. The lowest BCUT2D eigenvalue weighted by Gasteiger charge is -2.30. The molecule has 0 spiro atoms. The number of thioether (sulfide) groups is 1. The standard InChI is InChI=1S/C11H16ClNO2S3/c1-2-10-7-13(3-4-16-10)18(14,15)11-5-9(6-12)8-17-11/h5,8,10H,2-4,6-7H2,1H3. The van der Waals surface area contributed by atoms with Gasteiger partial charge >= 0.3 is 0 Å². The van der Waals surface area contributed by atoms with Crippen LogP contribution < -0.4 is 0 Å². The number of thiophene rings is 1. The molecule has 1 unspecified atom stereocenters. The van der Waals surface area contributed by atoms with Crippen LogP contribution in [-0.2, 0) is 15.9 Å². The van der Waals surface area contributed by atoms with Gasteiger partial charge in [0, 0.05) is 30.0 Å². The van der Waals surface area contributed by atoms with Gasteiger partial charge in [-0.15, -0.1) is 22.9 Å². The lowest BCUT2D eigenvalue weighted by Crippen LogP contribution is -2.41. The molecule has 1 atom stereocenters. The first-order valence-corrected chi connectivity index (χ1v) is 9.73. The molecule has 0 amide bonds. The number of hydrogen-bond donors (Lipinski definition) is 0. The average molecular weight is 326 g/mol. The molecule has 0 N–H and O–H groups in total. The molecular formula is C11H16ClNO2S3. The van der Waals surface area contributed by atoms with Crippen molar-refractivity contribution >= 4 is 44.7 Å². The van der Waals surface area contributed by atoms with E-state index in [0.29, 0.717) is 28.4 Å². The van der Waals surface area contributed by atoms with Crippen molar-refractivity contribution in [1.29, 1.82) is 0 Å². The summed E-state index contributed by atoms with van der Waals surface area (Å²) in [5.74, 6) is 1.24. The van der Waals surface area contributed by atoms with Crippen LogP contribution in [0.5, 0.6) is 0 Å².